The smallest absolute Gasteiger partial charge is 0.336 e. The van der Waals surface area contributed by atoms with E-state index >= 15 is 0 Å². The zero-order valence-electron chi connectivity index (χ0n) is 10.0. The molecule has 0 radical (unpaired) electrons. The summed E-state index contributed by atoms with van der Waals surface area (Å²) in [5.74, 6) is -2.76. The molecule has 1 aliphatic rings. The predicted molar refractivity (Wildman–Crippen MR) is 65.3 cm³/mol. The molecule has 0 bridgehead atoms. The third-order valence-electron chi connectivity index (χ3n) is 3.50. The van der Waals surface area contributed by atoms with Crippen molar-refractivity contribution in [1.29, 1.82) is 0 Å². The van der Waals surface area contributed by atoms with Crippen LogP contribution in [0.15, 0.2) is 12.1 Å². The summed E-state index contributed by atoms with van der Waals surface area (Å²) in [5.41, 5.74) is 1.19. The largest absolute Gasteiger partial charge is 0.478 e. The lowest BCUT2D eigenvalue weighted by Gasteiger charge is -2.18. The first-order valence-electron chi connectivity index (χ1n) is 6.11. The Morgan fingerprint density at radius 1 is 1.21 bits per heavy atom. The van der Waals surface area contributed by atoms with Gasteiger partial charge in [-0.1, -0.05) is 0 Å². The average Bonchev–Trinajstić information content (AvgIpc) is 2.36. The maximum Gasteiger partial charge on any atom is 0.336 e. The van der Waals surface area contributed by atoms with Gasteiger partial charge in [0.1, 0.15) is 11.3 Å². The topological polar surface area (TPSA) is 50.2 Å². The van der Waals surface area contributed by atoms with E-state index in [0.29, 0.717) is 24.1 Å². The van der Waals surface area contributed by atoms with Gasteiger partial charge < -0.3 is 5.11 Å². The number of carboxylic acids is 1. The molecule has 19 heavy (non-hydrogen) atoms. The van der Waals surface area contributed by atoms with Crippen LogP contribution in [0.3, 0.4) is 0 Å². The molecule has 3 rings (SSSR count). The molecule has 1 N–H and O–H groups in total. The molecular weight excluding hydrogens is 252 g/mol. The van der Waals surface area contributed by atoms with E-state index in [4.69, 9.17) is 0 Å². The van der Waals surface area contributed by atoms with E-state index in [1.807, 2.05) is 0 Å². The highest BCUT2D eigenvalue weighted by atomic mass is 19.1. The van der Waals surface area contributed by atoms with Gasteiger partial charge >= 0.3 is 5.97 Å². The Hall–Kier alpha value is -2.04. The monoisotopic (exact) mass is 263 g/mol. The van der Waals surface area contributed by atoms with Crippen LogP contribution in [0.4, 0.5) is 8.78 Å². The van der Waals surface area contributed by atoms with Crippen molar-refractivity contribution in [1.82, 2.24) is 4.98 Å². The first-order valence-corrected chi connectivity index (χ1v) is 6.11. The Labute approximate surface area is 107 Å². The van der Waals surface area contributed by atoms with Crippen LogP contribution in [0.25, 0.3) is 10.9 Å². The number of nitrogens with zero attached hydrogens (tertiary/aromatic N) is 1. The lowest BCUT2D eigenvalue weighted by atomic mass is 9.90. The highest BCUT2D eigenvalue weighted by Gasteiger charge is 2.23. The van der Waals surface area contributed by atoms with Crippen molar-refractivity contribution in [3.05, 3.63) is 40.6 Å². The van der Waals surface area contributed by atoms with Gasteiger partial charge in [-0.15, -0.1) is 0 Å². The lowest BCUT2D eigenvalue weighted by Crippen LogP contribution is -2.14. The summed E-state index contributed by atoms with van der Waals surface area (Å²) in [4.78, 5) is 15.6. The fourth-order valence-electron chi connectivity index (χ4n) is 2.69. The second-order valence-corrected chi connectivity index (χ2v) is 4.71. The van der Waals surface area contributed by atoms with E-state index in [2.05, 4.69) is 4.98 Å². The number of aryl methyl sites for hydroxylation is 1. The molecule has 5 heteroatoms. The van der Waals surface area contributed by atoms with E-state index in [1.54, 1.807) is 0 Å². The van der Waals surface area contributed by atoms with Crippen molar-refractivity contribution in [3.8, 4) is 0 Å². The minimum Gasteiger partial charge on any atom is -0.478 e. The van der Waals surface area contributed by atoms with Gasteiger partial charge in [0, 0.05) is 17.1 Å². The van der Waals surface area contributed by atoms with Crippen molar-refractivity contribution < 1.29 is 18.7 Å². The second kappa shape index (κ2) is 4.26. The number of pyridine rings is 1. The van der Waals surface area contributed by atoms with Crippen molar-refractivity contribution >= 4 is 16.9 Å². The lowest BCUT2D eigenvalue weighted by molar-refractivity contribution is 0.0697. The number of benzene rings is 1. The van der Waals surface area contributed by atoms with Crippen molar-refractivity contribution in [2.45, 2.75) is 25.7 Å². The van der Waals surface area contributed by atoms with E-state index in [-0.39, 0.29) is 16.5 Å². The molecule has 2 aromatic rings. The summed E-state index contributed by atoms with van der Waals surface area (Å²) < 4.78 is 27.1. The quantitative estimate of drug-likeness (QED) is 0.860. The zero-order valence-corrected chi connectivity index (χ0v) is 10.0. The minimum absolute atomic E-state index is 0.00176. The van der Waals surface area contributed by atoms with Crippen LogP contribution in [-0.4, -0.2) is 16.1 Å². The predicted octanol–water partition coefficient (Wildman–Crippen LogP) is 3.09. The molecule has 1 aromatic heterocycles. The first-order chi connectivity index (χ1) is 9.08. The molecule has 0 spiro atoms. The van der Waals surface area contributed by atoms with Crippen LogP contribution in [0.1, 0.15) is 34.5 Å². The van der Waals surface area contributed by atoms with Crippen LogP contribution in [-0.2, 0) is 12.8 Å². The Balaban J connectivity index is 2.46. The van der Waals surface area contributed by atoms with Gasteiger partial charge in [-0.25, -0.2) is 18.6 Å². The van der Waals surface area contributed by atoms with Crippen LogP contribution >= 0.6 is 0 Å². The third-order valence-corrected chi connectivity index (χ3v) is 3.50. The molecule has 1 heterocycles. The summed E-state index contributed by atoms with van der Waals surface area (Å²) in [7, 11) is 0. The van der Waals surface area contributed by atoms with Crippen molar-refractivity contribution in [2.24, 2.45) is 0 Å². The van der Waals surface area contributed by atoms with Crippen LogP contribution in [0.2, 0.25) is 0 Å². The molecule has 1 aromatic carbocycles. The van der Waals surface area contributed by atoms with Gasteiger partial charge in [0.15, 0.2) is 5.82 Å². The van der Waals surface area contributed by atoms with Crippen LogP contribution < -0.4 is 0 Å². The molecule has 0 fully saturated rings. The number of aromatic carboxylic acids is 1. The molecule has 3 nitrogen and oxygen atoms in total. The number of rotatable bonds is 1. The highest BCUT2D eigenvalue weighted by Crippen LogP contribution is 2.30. The van der Waals surface area contributed by atoms with E-state index in [9.17, 15) is 18.7 Å². The Bertz CT molecular complexity index is 698. The Morgan fingerprint density at radius 2 is 1.95 bits per heavy atom. The SMILES string of the molecule is O=C(O)c1c2c(nc3c(F)cc(F)cc13)CCCC2. The fraction of sp³-hybridized carbons (Fsp3) is 0.286. The fourth-order valence-corrected chi connectivity index (χ4v) is 2.69. The molecule has 0 amide bonds. The summed E-state index contributed by atoms with van der Waals surface area (Å²) in [5, 5.41) is 9.39. The van der Waals surface area contributed by atoms with Crippen LogP contribution in [0.5, 0.6) is 0 Å². The minimum atomic E-state index is -1.16. The standard InChI is InChI=1S/C14H11F2NO2/c15-7-5-9-12(14(18)19)8-3-1-2-4-11(8)17-13(9)10(16)6-7/h5-6H,1-4H2,(H,18,19). The molecule has 1 aliphatic carbocycles. The van der Waals surface area contributed by atoms with Gasteiger partial charge in [0.2, 0.25) is 0 Å². The Morgan fingerprint density at radius 3 is 2.68 bits per heavy atom. The molecule has 98 valence electrons. The van der Waals surface area contributed by atoms with Gasteiger partial charge in [0.05, 0.1) is 5.56 Å². The average molecular weight is 263 g/mol. The van der Waals surface area contributed by atoms with Crippen LogP contribution in [0, 0.1) is 11.6 Å². The number of carboxylic acid groups (broad SMARTS) is 1. The Kier molecular flexibility index (Phi) is 2.69. The normalized spacial score (nSPS) is 14.4. The van der Waals surface area contributed by atoms with E-state index < -0.39 is 17.6 Å². The summed E-state index contributed by atoms with van der Waals surface area (Å²) >= 11 is 0. The summed E-state index contributed by atoms with van der Waals surface area (Å²) in [6.07, 6.45) is 3.02. The van der Waals surface area contributed by atoms with Crippen molar-refractivity contribution in [3.63, 3.8) is 0 Å². The van der Waals surface area contributed by atoms with Gasteiger partial charge in [0.25, 0.3) is 0 Å². The number of carbonyl (C=O) groups is 1. The highest BCUT2D eigenvalue weighted by molar-refractivity contribution is 6.04. The van der Waals surface area contributed by atoms with Crippen molar-refractivity contribution in [2.75, 3.05) is 0 Å². The number of halogens is 2. The van der Waals surface area contributed by atoms with E-state index in [0.717, 1.165) is 25.0 Å². The maximum absolute atomic E-state index is 13.8. The van der Waals surface area contributed by atoms with E-state index in [1.165, 1.54) is 0 Å². The molecule has 0 saturated carbocycles. The number of fused-ring (bicyclic) bond motifs is 2. The molecular formula is C14H11F2NO2. The number of hydrogen-bond acceptors (Lipinski definition) is 2. The summed E-state index contributed by atoms with van der Waals surface area (Å²) in [6.45, 7) is 0. The second-order valence-electron chi connectivity index (χ2n) is 4.71. The van der Waals surface area contributed by atoms with Gasteiger partial charge in [-0.2, -0.15) is 0 Å². The molecule has 0 atom stereocenters. The number of hydrogen-bond donors (Lipinski definition) is 1. The molecule has 0 unspecified atom stereocenters. The molecule has 0 aliphatic heterocycles. The van der Waals surface area contributed by atoms with Gasteiger partial charge in [-0.05, 0) is 37.3 Å². The zero-order chi connectivity index (χ0) is 13.6. The molecule has 0 saturated heterocycles. The number of aromatic nitrogens is 1. The third kappa shape index (κ3) is 1.85. The first kappa shape index (κ1) is 12.0. The van der Waals surface area contributed by atoms with Gasteiger partial charge in [-0.3, -0.25) is 0 Å². The maximum atomic E-state index is 13.8. The summed E-state index contributed by atoms with van der Waals surface area (Å²) in [6, 6.07) is 1.78.